The second kappa shape index (κ2) is 6.18. The van der Waals surface area contributed by atoms with Gasteiger partial charge < -0.3 is 10.6 Å². The fourth-order valence-electron chi connectivity index (χ4n) is 3.06. The van der Waals surface area contributed by atoms with Crippen molar-refractivity contribution in [2.24, 2.45) is 0 Å². The molecule has 1 fully saturated rings. The molecule has 0 saturated carbocycles. The average Bonchev–Trinajstić information content (AvgIpc) is 2.57. The highest BCUT2D eigenvalue weighted by atomic mass is 16.2. The average molecular weight is 295 g/mol. The zero-order valence-corrected chi connectivity index (χ0v) is 12.8. The molecule has 2 N–H and O–H groups in total. The van der Waals surface area contributed by atoms with Crippen LogP contribution in [0.25, 0.3) is 0 Å². The van der Waals surface area contributed by atoms with Gasteiger partial charge in [-0.1, -0.05) is 18.2 Å². The smallest absolute Gasteiger partial charge is 0.254 e. The summed E-state index contributed by atoms with van der Waals surface area (Å²) in [7, 11) is 0. The van der Waals surface area contributed by atoms with E-state index >= 15 is 0 Å². The maximum Gasteiger partial charge on any atom is 0.254 e. The Morgan fingerprint density at radius 2 is 2.05 bits per heavy atom. The molecule has 0 radical (unpaired) electrons. The van der Waals surface area contributed by atoms with E-state index in [2.05, 4.69) is 11.1 Å². The number of anilines is 1. The van der Waals surface area contributed by atoms with Gasteiger partial charge in [-0.05, 0) is 55.5 Å². The molecule has 1 aliphatic rings. The van der Waals surface area contributed by atoms with Gasteiger partial charge in [0, 0.05) is 18.3 Å². The number of nitrogens with zero attached hydrogens (tertiary/aromatic N) is 2. The number of carbonyl (C=O) groups is 1. The van der Waals surface area contributed by atoms with E-state index in [0.29, 0.717) is 5.82 Å². The molecule has 1 atom stereocenters. The van der Waals surface area contributed by atoms with Crippen LogP contribution in [0.5, 0.6) is 0 Å². The van der Waals surface area contributed by atoms with Crippen molar-refractivity contribution in [3.05, 3.63) is 59.3 Å². The summed E-state index contributed by atoms with van der Waals surface area (Å²) >= 11 is 0. The molecule has 1 amide bonds. The van der Waals surface area contributed by atoms with Crippen LogP contribution in [0, 0.1) is 6.92 Å². The minimum atomic E-state index is 0.0910. The lowest BCUT2D eigenvalue weighted by atomic mass is 9.94. The van der Waals surface area contributed by atoms with Gasteiger partial charge in [-0.15, -0.1) is 0 Å². The zero-order valence-electron chi connectivity index (χ0n) is 12.8. The molecule has 0 bridgehead atoms. The van der Waals surface area contributed by atoms with Gasteiger partial charge in [0.25, 0.3) is 5.91 Å². The van der Waals surface area contributed by atoms with Crippen molar-refractivity contribution in [1.82, 2.24) is 9.88 Å². The first-order chi connectivity index (χ1) is 10.7. The van der Waals surface area contributed by atoms with Gasteiger partial charge >= 0.3 is 0 Å². The number of nitrogen functional groups attached to an aromatic ring is 1. The van der Waals surface area contributed by atoms with Gasteiger partial charge in [-0.2, -0.15) is 0 Å². The second-order valence-electron chi connectivity index (χ2n) is 5.85. The molecule has 1 aromatic heterocycles. The zero-order chi connectivity index (χ0) is 15.5. The summed E-state index contributed by atoms with van der Waals surface area (Å²) in [5.74, 6) is 0.653. The van der Waals surface area contributed by atoms with Crippen LogP contribution < -0.4 is 5.73 Å². The molecule has 0 spiro atoms. The minimum absolute atomic E-state index is 0.0910. The minimum Gasteiger partial charge on any atom is -0.383 e. The third kappa shape index (κ3) is 2.82. The van der Waals surface area contributed by atoms with Crippen LogP contribution in [0.1, 0.15) is 46.8 Å². The van der Waals surface area contributed by atoms with E-state index in [9.17, 15) is 4.79 Å². The lowest BCUT2D eigenvalue weighted by molar-refractivity contribution is 0.0611. The third-order valence-electron chi connectivity index (χ3n) is 4.31. The quantitative estimate of drug-likeness (QED) is 0.924. The molecular weight excluding hydrogens is 274 g/mol. The Hall–Kier alpha value is -2.36. The van der Waals surface area contributed by atoms with Crippen molar-refractivity contribution in [3.63, 3.8) is 0 Å². The highest BCUT2D eigenvalue weighted by Crippen LogP contribution is 2.32. The first-order valence-corrected chi connectivity index (χ1v) is 7.75. The normalized spacial score (nSPS) is 18.2. The summed E-state index contributed by atoms with van der Waals surface area (Å²) in [5.41, 5.74) is 8.60. The van der Waals surface area contributed by atoms with Crippen molar-refractivity contribution in [1.29, 1.82) is 0 Å². The van der Waals surface area contributed by atoms with Gasteiger partial charge in [0.15, 0.2) is 0 Å². The fraction of sp³-hybridized carbons (Fsp3) is 0.333. The molecule has 2 heterocycles. The summed E-state index contributed by atoms with van der Waals surface area (Å²) in [6.07, 6.45) is 4.97. The molecule has 114 valence electrons. The van der Waals surface area contributed by atoms with Crippen LogP contribution in [-0.2, 0) is 0 Å². The third-order valence-corrected chi connectivity index (χ3v) is 4.31. The number of aromatic nitrogens is 1. The monoisotopic (exact) mass is 295 g/mol. The highest BCUT2D eigenvalue weighted by Gasteiger charge is 2.29. The number of amides is 1. The lowest BCUT2D eigenvalue weighted by Gasteiger charge is -2.36. The summed E-state index contributed by atoms with van der Waals surface area (Å²) < 4.78 is 0. The molecule has 2 aromatic rings. The molecule has 1 aromatic carbocycles. The predicted octanol–water partition coefficient (Wildman–Crippen LogP) is 3.34. The molecule has 4 heteroatoms. The molecule has 1 aliphatic heterocycles. The lowest BCUT2D eigenvalue weighted by Crippen LogP contribution is -2.38. The van der Waals surface area contributed by atoms with Crippen LogP contribution in [0.3, 0.4) is 0 Å². The number of likely N-dealkylation sites (tertiary alicyclic amines) is 1. The Bertz CT molecular complexity index is 669. The number of carbonyl (C=O) groups excluding carboxylic acids is 1. The molecule has 0 aliphatic carbocycles. The van der Waals surface area contributed by atoms with E-state index in [1.54, 1.807) is 0 Å². The Morgan fingerprint density at radius 3 is 2.77 bits per heavy atom. The van der Waals surface area contributed by atoms with Gasteiger partial charge in [0.1, 0.15) is 5.82 Å². The number of rotatable bonds is 2. The summed E-state index contributed by atoms with van der Waals surface area (Å²) in [4.78, 5) is 19.1. The Kier molecular flexibility index (Phi) is 4.09. The standard InChI is InChI=1S/C18H21N3O/c1-13-11-15(12-20-17(13)19)16-9-5-6-10-21(16)18(22)14-7-3-2-4-8-14/h2-4,7-8,11-12,16H,5-6,9-10H2,1H3,(H2,19,20). The van der Waals surface area contributed by atoms with Crippen LogP contribution in [0.15, 0.2) is 42.6 Å². The molecule has 22 heavy (non-hydrogen) atoms. The van der Waals surface area contributed by atoms with Crippen LogP contribution >= 0.6 is 0 Å². The number of nitrogens with two attached hydrogens (primary N) is 1. The first kappa shape index (κ1) is 14.6. The maximum atomic E-state index is 12.8. The largest absolute Gasteiger partial charge is 0.383 e. The summed E-state index contributed by atoms with van der Waals surface area (Å²) in [5, 5.41) is 0. The van der Waals surface area contributed by atoms with Crippen molar-refractivity contribution >= 4 is 11.7 Å². The predicted molar refractivity (Wildman–Crippen MR) is 87.5 cm³/mol. The van der Waals surface area contributed by atoms with Crippen LogP contribution in [0.2, 0.25) is 0 Å². The van der Waals surface area contributed by atoms with Gasteiger partial charge in [0.05, 0.1) is 6.04 Å². The number of hydrogen-bond acceptors (Lipinski definition) is 3. The fourth-order valence-corrected chi connectivity index (χ4v) is 3.06. The van der Waals surface area contributed by atoms with Crippen molar-refractivity contribution in [2.75, 3.05) is 12.3 Å². The SMILES string of the molecule is Cc1cc(C2CCCCN2C(=O)c2ccccc2)cnc1N. The number of pyridine rings is 1. The van der Waals surface area contributed by atoms with E-state index in [-0.39, 0.29) is 11.9 Å². The number of hydrogen-bond donors (Lipinski definition) is 1. The van der Waals surface area contributed by atoms with Crippen molar-refractivity contribution < 1.29 is 4.79 Å². The first-order valence-electron chi connectivity index (χ1n) is 7.75. The van der Waals surface area contributed by atoms with E-state index in [1.165, 1.54) is 0 Å². The van der Waals surface area contributed by atoms with E-state index in [0.717, 1.165) is 42.5 Å². The van der Waals surface area contributed by atoms with Crippen LogP contribution in [0.4, 0.5) is 5.82 Å². The molecule has 1 saturated heterocycles. The number of aryl methyl sites for hydroxylation is 1. The number of benzene rings is 1. The topological polar surface area (TPSA) is 59.2 Å². The van der Waals surface area contributed by atoms with E-state index in [1.807, 2.05) is 48.4 Å². The summed E-state index contributed by atoms with van der Waals surface area (Å²) in [6, 6.07) is 11.6. The van der Waals surface area contributed by atoms with E-state index in [4.69, 9.17) is 5.73 Å². The molecule has 1 unspecified atom stereocenters. The summed E-state index contributed by atoms with van der Waals surface area (Å²) in [6.45, 7) is 2.75. The van der Waals surface area contributed by atoms with E-state index < -0.39 is 0 Å². The Balaban J connectivity index is 1.91. The van der Waals surface area contributed by atoms with Crippen molar-refractivity contribution in [3.8, 4) is 0 Å². The molecular formula is C18H21N3O. The molecule has 3 rings (SSSR count). The van der Waals surface area contributed by atoms with Gasteiger partial charge in [-0.25, -0.2) is 4.98 Å². The Labute approximate surface area is 131 Å². The van der Waals surface area contributed by atoms with Crippen LogP contribution in [-0.4, -0.2) is 22.3 Å². The van der Waals surface area contributed by atoms with Gasteiger partial charge in [0.2, 0.25) is 0 Å². The number of piperidine rings is 1. The second-order valence-corrected chi connectivity index (χ2v) is 5.85. The van der Waals surface area contributed by atoms with Gasteiger partial charge in [-0.3, -0.25) is 4.79 Å². The Morgan fingerprint density at radius 1 is 1.27 bits per heavy atom. The van der Waals surface area contributed by atoms with Crippen molar-refractivity contribution in [2.45, 2.75) is 32.2 Å². The maximum absolute atomic E-state index is 12.8. The molecule has 4 nitrogen and oxygen atoms in total. The highest BCUT2D eigenvalue weighted by molar-refractivity contribution is 5.94.